The summed E-state index contributed by atoms with van der Waals surface area (Å²) in [6.45, 7) is 1.60. The Hall–Kier alpha value is -3.75. The second-order valence-electron chi connectivity index (χ2n) is 6.46. The molecule has 1 heterocycles. The van der Waals surface area contributed by atoms with E-state index < -0.39 is 23.8 Å². The molecule has 0 unspecified atom stereocenters. The van der Waals surface area contributed by atoms with Crippen LogP contribution in [0.2, 0.25) is 0 Å². The van der Waals surface area contributed by atoms with E-state index in [0.29, 0.717) is 28.5 Å². The van der Waals surface area contributed by atoms with Crippen LogP contribution in [0.25, 0.3) is 0 Å². The van der Waals surface area contributed by atoms with E-state index in [0.717, 1.165) is 0 Å². The second kappa shape index (κ2) is 8.73. The van der Waals surface area contributed by atoms with Crippen molar-refractivity contribution in [3.05, 3.63) is 59.0 Å². The minimum absolute atomic E-state index is 0.0309. The van der Waals surface area contributed by atoms with Gasteiger partial charge in [0.2, 0.25) is 5.75 Å². The lowest BCUT2D eigenvalue weighted by Crippen LogP contribution is -2.46. The fourth-order valence-electron chi connectivity index (χ4n) is 3.27. The van der Waals surface area contributed by atoms with E-state index in [9.17, 15) is 14.0 Å². The first kappa shape index (κ1) is 21.0. The van der Waals surface area contributed by atoms with Gasteiger partial charge in [-0.05, 0) is 36.8 Å². The quantitative estimate of drug-likeness (QED) is 0.674. The molecule has 0 fully saturated rings. The first-order chi connectivity index (χ1) is 14.4. The van der Waals surface area contributed by atoms with Crippen molar-refractivity contribution in [1.29, 1.82) is 0 Å². The van der Waals surface area contributed by atoms with Crippen LogP contribution < -0.4 is 30.2 Å². The van der Waals surface area contributed by atoms with E-state index in [1.807, 2.05) is 0 Å². The molecule has 30 heavy (non-hydrogen) atoms. The topological polar surface area (TPSA) is 97.9 Å². The summed E-state index contributed by atoms with van der Waals surface area (Å²) in [6.07, 6.45) is 0. The average molecular weight is 415 g/mol. The van der Waals surface area contributed by atoms with Crippen LogP contribution in [0.5, 0.6) is 17.2 Å². The van der Waals surface area contributed by atoms with E-state index in [-0.39, 0.29) is 11.3 Å². The maximum Gasteiger partial charge on any atom is 0.319 e. The molecule has 9 heteroatoms. The van der Waals surface area contributed by atoms with Gasteiger partial charge in [-0.15, -0.1) is 0 Å². The molecule has 3 rings (SSSR count). The number of carbonyl (C=O) groups is 2. The molecule has 2 aromatic carbocycles. The fraction of sp³-hybridized carbons (Fsp3) is 0.238. The predicted molar refractivity (Wildman–Crippen MR) is 108 cm³/mol. The van der Waals surface area contributed by atoms with E-state index in [4.69, 9.17) is 14.2 Å². The van der Waals surface area contributed by atoms with Crippen LogP contribution in [0.4, 0.5) is 14.9 Å². The van der Waals surface area contributed by atoms with Crippen LogP contribution in [0.3, 0.4) is 0 Å². The van der Waals surface area contributed by atoms with Crippen molar-refractivity contribution in [1.82, 2.24) is 10.6 Å². The minimum Gasteiger partial charge on any atom is -0.493 e. The molecule has 3 amide bonds. The van der Waals surface area contributed by atoms with E-state index in [2.05, 4.69) is 16.0 Å². The Kier molecular flexibility index (Phi) is 6.10. The summed E-state index contributed by atoms with van der Waals surface area (Å²) >= 11 is 0. The van der Waals surface area contributed by atoms with Gasteiger partial charge < -0.3 is 30.2 Å². The van der Waals surface area contributed by atoms with E-state index in [1.54, 1.807) is 25.1 Å². The number of anilines is 1. The number of methoxy groups -OCH3 is 3. The summed E-state index contributed by atoms with van der Waals surface area (Å²) in [5.41, 5.74) is 1.11. The summed E-state index contributed by atoms with van der Waals surface area (Å²) in [6, 6.07) is 7.80. The number of hydrogen-bond acceptors (Lipinski definition) is 5. The molecule has 0 spiro atoms. The molecule has 8 nitrogen and oxygen atoms in total. The molecular weight excluding hydrogens is 393 g/mol. The van der Waals surface area contributed by atoms with Crippen LogP contribution in [-0.4, -0.2) is 33.3 Å². The third-order valence-electron chi connectivity index (χ3n) is 4.66. The first-order valence-electron chi connectivity index (χ1n) is 9.03. The van der Waals surface area contributed by atoms with Crippen molar-refractivity contribution in [3.63, 3.8) is 0 Å². The number of rotatable bonds is 6. The molecule has 3 N–H and O–H groups in total. The van der Waals surface area contributed by atoms with Crippen molar-refractivity contribution in [2.24, 2.45) is 0 Å². The summed E-state index contributed by atoms with van der Waals surface area (Å²) in [5.74, 6) is -0.0236. The number of para-hydroxylation sites is 1. The van der Waals surface area contributed by atoms with Gasteiger partial charge in [-0.1, -0.05) is 12.1 Å². The Morgan fingerprint density at radius 3 is 2.27 bits per heavy atom. The molecular formula is C21H22FN3O5. The maximum absolute atomic E-state index is 14.0. The largest absolute Gasteiger partial charge is 0.493 e. The highest BCUT2D eigenvalue weighted by Gasteiger charge is 2.33. The minimum atomic E-state index is -0.834. The molecule has 0 saturated carbocycles. The number of allylic oxidation sites excluding steroid dienone is 1. The SMILES string of the molecule is COc1cc([C@@H]2NC(=O)NC(C)=C2C(=O)Nc2ccccc2F)cc(OC)c1OC. The van der Waals surface area contributed by atoms with Gasteiger partial charge in [0.15, 0.2) is 11.5 Å². The number of halogens is 1. The summed E-state index contributed by atoms with van der Waals surface area (Å²) in [4.78, 5) is 25.2. The molecule has 0 aliphatic carbocycles. The summed E-state index contributed by atoms with van der Waals surface area (Å²) in [7, 11) is 4.41. The van der Waals surface area contributed by atoms with Crippen LogP contribution >= 0.6 is 0 Å². The average Bonchev–Trinajstić information content (AvgIpc) is 2.73. The van der Waals surface area contributed by atoms with Gasteiger partial charge in [0, 0.05) is 5.70 Å². The van der Waals surface area contributed by atoms with E-state index in [1.165, 1.54) is 39.5 Å². The highest BCUT2D eigenvalue weighted by atomic mass is 19.1. The number of urea groups is 1. The zero-order valence-electron chi connectivity index (χ0n) is 17.0. The highest BCUT2D eigenvalue weighted by molar-refractivity contribution is 6.06. The molecule has 1 aliphatic rings. The van der Waals surface area contributed by atoms with Gasteiger partial charge in [-0.3, -0.25) is 4.79 Å². The van der Waals surface area contributed by atoms with Gasteiger partial charge in [-0.2, -0.15) is 0 Å². The van der Waals surface area contributed by atoms with Gasteiger partial charge in [0.1, 0.15) is 5.82 Å². The Morgan fingerprint density at radius 2 is 1.70 bits per heavy atom. The molecule has 1 aliphatic heterocycles. The number of amides is 3. The number of hydrogen-bond donors (Lipinski definition) is 3. The standard InChI is InChI=1S/C21H22FN3O5/c1-11-17(20(26)24-14-8-6-5-7-13(14)22)18(25-21(27)23-11)12-9-15(28-2)19(30-4)16(10-12)29-3/h5-10,18H,1-4H3,(H,24,26)(H2,23,25,27)/t18-/m0/s1. The van der Waals surface area contributed by atoms with Crippen molar-refractivity contribution in [3.8, 4) is 17.2 Å². The zero-order chi connectivity index (χ0) is 21.8. The van der Waals surface area contributed by atoms with Gasteiger partial charge in [-0.25, -0.2) is 9.18 Å². The second-order valence-corrected chi connectivity index (χ2v) is 6.46. The van der Waals surface area contributed by atoms with Crippen LogP contribution in [0.1, 0.15) is 18.5 Å². The molecule has 1 atom stereocenters. The molecule has 0 bridgehead atoms. The van der Waals surface area contributed by atoms with Crippen molar-refractivity contribution in [2.45, 2.75) is 13.0 Å². The van der Waals surface area contributed by atoms with Crippen molar-refractivity contribution >= 4 is 17.6 Å². The Balaban J connectivity index is 2.06. The summed E-state index contributed by atoms with van der Waals surface area (Å²) < 4.78 is 30.1. The van der Waals surface area contributed by atoms with Crippen molar-refractivity contribution < 1.29 is 28.2 Å². The Morgan fingerprint density at radius 1 is 1.07 bits per heavy atom. The van der Waals surface area contributed by atoms with Gasteiger partial charge in [0.25, 0.3) is 5.91 Å². The van der Waals surface area contributed by atoms with Crippen molar-refractivity contribution in [2.75, 3.05) is 26.6 Å². The maximum atomic E-state index is 14.0. The van der Waals surface area contributed by atoms with Gasteiger partial charge in [0.05, 0.1) is 38.6 Å². The monoisotopic (exact) mass is 415 g/mol. The number of carbonyl (C=O) groups excluding carboxylic acids is 2. The number of nitrogens with one attached hydrogen (secondary N) is 3. The predicted octanol–water partition coefficient (Wildman–Crippen LogP) is 3.12. The Bertz CT molecular complexity index is 996. The van der Waals surface area contributed by atoms with Crippen LogP contribution in [0, 0.1) is 5.82 Å². The molecule has 158 valence electrons. The zero-order valence-corrected chi connectivity index (χ0v) is 17.0. The highest BCUT2D eigenvalue weighted by Crippen LogP contribution is 2.41. The number of ether oxygens (including phenoxy) is 3. The molecule has 2 aromatic rings. The number of benzene rings is 2. The fourth-order valence-corrected chi connectivity index (χ4v) is 3.27. The lowest BCUT2D eigenvalue weighted by molar-refractivity contribution is -0.113. The lowest BCUT2D eigenvalue weighted by Gasteiger charge is -2.29. The van der Waals surface area contributed by atoms with Gasteiger partial charge >= 0.3 is 6.03 Å². The lowest BCUT2D eigenvalue weighted by atomic mass is 9.94. The molecule has 0 radical (unpaired) electrons. The normalized spacial score (nSPS) is 15.8. The van der Waals surface area contributed by atoms with E-state index >= 15 is 0 Å². The third-order valence-corrected chi connectivity index (χ3v) is 4.66. The third kappa shape index (κ3) is 4.00. The van der Waals surface area contributed by atoms with Crippen LogP contribution in [0.15, 0.2) is 47.7 Å². The smallest absolute Gasteiger partial charge is 0.319 e. The molecule has 0 aromatic heterocycles. The molecule has 0 saturated heterocycles. The Labute approximate surface area is 173 Å². The van der Waals surface area contributed by atoms with Crippen LogP contribution in [-0.2, 0) is 4.79 Å². The summed E-state index contributed by atoms with van der Waals surface area (Å²) in [5, 5.41) is 7.85. The first-order valence-corrected chi connectivity index (χ1v) is 9.03.